The van der Waals surface area contributed by atoms with E-state index in [0.717, 1.165) is 0 Å². The van der Waals surface area contributed by atoms with Crippen LogP contribution in [0.3, 0.4) is 0 Å². The molecule has 0 aliphatic rings. The highest BCUT2D eigenvalue weighted by atomic mass is 79.9. The molecule has 0 aliphatic heterocycles. The van der Waals surface area contributed by atoms with Crippen molar-refractivity contribution in [3.63, 3.8) is 0 Å². The van der Waals surface area contributed by atoms with Crippen LogP contribution in [-0.2, 0) is 17.8 Å². The number of aliphatic hydroxyl groups excluding tert-OH is 1. The van der Waals surface area contributed by atoms with E-state index in [-0.39, 0.29) is 13.0 Å². The lowest BCUT2D eigenvalue weighted by molar-refractivity contribution is -0.136. The lowest BCUT2D eigenvalue weighted by Gasteiger charge is -2.08. The lowest BCUT2D eigenvalue weighted by atomic mass is 10.0. The molecule has 0 heterocycles. The highest BCUT2D eigenvalue weighted by molar-refractivity contribution is 9.10. The van der Waals surface area contributed by atoms with Gasteiger partial charge in [0.25, 0.3) is 0 Å². The number of aliphatic hydroxyl groups is 1. The predicted octanol–water partition coefficient (Wildman–Crippen LogP) is 1.44. The number of hydrogen-bond donors (Lipinski definition) is 2. The average molecular weight is 270 g/mol. The van der Waals surface area contributed by atoms with Crippen molar-refractivity contribution in [2.75, 3.05) is 0 Å². The second-order valence-electron chi connectivity index (χ2n) is 2.94. The third kappa shape index (κ3) is 2.78. The van der Waals surface area contributed by atoms with Gasteiger partial charge in [0.2, 0.25) is 0 Å². The van der Waals surface area contributed by atoms with Crippen LogP contribution in [0.4, 0.5) is 0 Å². The minimum Gasteiger partial charge on any atom is -0.481 e. The van der Waals surface area contributed by atoms with Crippen LogP contribution in [-0.4, -0.2) is 16.2 Å². The number of hydrogen-bond acceptors (Lipinski definition) is 3. The average Bonchev–Trinajstić information content (AvgIpc) is 2.16. The number of rotatable bonds is 3. The normalized spacial score (nSPS) is 9.67. The summed E-state index contributed by atoms with van der Waals surface area (Å²) in [6.07, 6.45) is -0.204. The van der Waals surface area contributed by atoms with E-state index in [1.54, 1.807) is 6.07 Å². The first-order chi connectivity index (χ1) is 7.08. The van der Waals surface area contributed by atoms with Gasteiger partial charge in [-0.05, 0) is 23.3 Å². The predicted molar refractivity (Wildman–Crippen MR) is 56.1 cm³/mol. The number of halogens is 1. The SMILES string of the molecule is N#Cc1cc(Br)c(CO)c(CC(=O)O)c1. The molecule has 0 unspecified atom stereocenters. The molecule has 0 atom stereocenters. The third-order valence-corrected chi connectivity index (χ3v) is 2.62. The Balaban J connectivity index is 3.27. The Kier molecular flexibility index (Phi) is 3.83. The number of nitrogens with zero attached hydrogens (tertiary/aromatic N) is 1. The summed E-state index contributed by atoms with van der Waals surface area (Å²) in [6, 6.07) is 4.96. The molecule has 0 spiro atoms. The Morgan fingerprint density at radius 2 is 2.20 bits per heavy atom. The zero-order chi connectivity index (χ0) is 11.4. The van der Waals surface area contributed by atoms with Crippen LogP contribution in [0, 0.1) is 11.3 Å². The molecule has 0 fully saturated rings. The smallest absolute Gasteiger partial charge is 0.307 e. The van der Waals surface area contributed by atoms with E-state index in [2.05, 4.69) is 15.9 Å². The van der Waals surface area contributed by atoms with Gasteiger partial charge >= 0.3 is 5.97 Å². The molecule has 0 saturated heterocycles. The van der Waals surface area contributed by atoms with Gasteiger partial charge in [-0.2, -0.15) is 5.26 Å². The first kappa shape index (κ1) is 11.7. The largest absolute Gasteiger partial charge is 0.481 e. The summed E-state index contributed by atoms with van der Waals surface area (Å²) in [5.74, 6) is -0.994. The van der Waals surface area contributed by atoms with Crippen molar-refractivity contribution in [2.45, 2.75) is 13.0 Å². The maximum absolute atomic E-state index is 10.6. The highest BCUT2D eigenvalue weighted by Crippen LogP contribution is 2.23. The maximum Gasteiger partial charge on any atom is 0.307 e. The molecule has 0 aromatic heterocycles. The van der Waals surface area contributed by atoms with Crippen LogP contribution >= 0.6 is 15.9 Å². The highest BCUT2D eigenvalue weighted by Gasteiger charge is 2.11. The molecule has 78 valence electrons. The Bertz CT molecular complexity index is 437. The fraction of sp³-hybridized carbons (Fsp3) is 0.200. The molecule has 4 nitrogen and oxygen atoms in total. The minimum atomic E-state index is -0.994. The summed E-state index contributed by atoms with van der Waals surface area (Å²) in [5.41, 5.74) is 1.34. The van der Waals surface area contributed by atoms with E-state index in [9.17, 15) is 4.79 Å². The molecule has 15 heavy (non-hydrogen) atoms. The van der Waals surface area contributed by atoms with Gasteiger partial charge in [0.15, 0.2) is 0 Å². The molecule has 5 heteroatoms. The van der Waals surface area contributed by atoms with Gasteiger partial charge in [-0.3, -0.25) is 4.79 Å². The molecule has 0 aliphatic carbocycles. The molecule has 1 aromatic carbocycles. The quantitative estimate of drug-likeness (QED) is 0.870. The summed E-state index contributed by atoms with van der Waals surface area (Å²) < 4.78 is 0.556. The number of aliphatic carboxylic acids is 1. The summed E-state index contributed by atoms with van der Waals surface area (Å²) in [6.45, 7) is -0.255. The van der Waals surface area contributed by atoms with Crippen molar-refractivity contribution in [1.29, 1.82) is 5.26 Å². The third-order valence-electron chi connectivity index (χ3n) is 1.92. The zero-order valence-electron chi connectivity index (χ0n) is 7.70. The summed E-state index contributed by atoms with van der Waals surface area (Å²) in [7, 11) is 0. The monoisotopic (exact) mass is 269 g/mol. The number of nitriles is 1. The van der Waals surface area contributed by atoms with Crippen LogP contribution in [0.1, 0.15) is 16.7 Å². The lowest BCUT2D eigenvalue weighted by Crippen LogP contribution is -2.05. The first-order valence-corrected chi connectivity index (χ1v) is 4.91. The van der Waals surface area contributed by atoms with Crippen molar-refractivity contribution in [1.82, 2.24) is 0 Å². The molecular formula is C10H8BrNO3. The van der Waals surface area contributed by atoms with Crippen LogP contribution in [0.25, 0.3) is 0 Å². The van der Waals surface area contributed by atoms with E-state index in [4.69, 9.17) is 15.5 Å². The molecule has 0 radical (unpaired) electrons. The van der Waals surface area contributed by atoms with Gasteiger partial charge in [-0.25, -0.2) is 0 Å². The van der Waals surface area contributed by atoms with E-state index in [1.807, 2.05) is 6.07 Å². The number of carboxylic acid groups (broad SMARTS) is 1. The second kappa shape index (κ2) is 4.91. The fourth-order valence-corrected chi connectivity index (χ4v) is 1.88. The van der Waals surface area contributed by atoms with Crippen molar-refractivity contribution >= 4 is 21.9 Å². The molecule has 1 aromatic rings. The van der Waals surface area contributed by atoms with Crippen LogP contribution in [0.5, 0.6) is 0 Å². The van der Waals surface area contributed by atoms with Crippen LogP contribution < -0.4 is 0 Å². The van der Waals surface area contributed by atoms with E-state index >= 15 is 0 Å². The van der Waals surface area contributed by atoms with Crippen molar-refractivity contribution in [3.05, 3.63) is 33.3 Å². The number of carboxylic acids is 1. The Morgan fingerprint density at radius 3 is 2.67 bits per heavy atom. The summed E-state index contributed by atoms with van der Waals surface area (Å²) in [5, 5.41) is 26.4. The molecule has 0 bridgehead atoms. The number of benzene rings is 1. The Labute approximate surface area is 94.9 Å². The topological polar surface area (TPSA) is 81.3 Å². The van der Waals surface area contributed by atoms with Gasteiger partial charge in [-0.15, -0.1) is 0 Å². The van der Waals surface area contributed by atoms with E-state index in [0.29, 0.717) is 21.2 Å². The molecule has 0 saturated carbocycles. The van der Waals surface area contributed by atoms with Gasteiger partial charge in [0.05, 0.1) is 24.7 Å². The van der Waals surface area contributed by atoms with Crippen LogP contribution in [0.15, 0.2) is 16.6 Å². The second-order valence-corrected chi connectivity index (χ2v) is 3.79. The van der Waals surface area contributed by atoms with Gasteiger partial charge in [-0.1, -0.05) is 15.9 Å². The van der Waals surface area contributed by atoms with E-state index in [1.165, 1.54) is 6.07 Å². The van der Waals surface area contributed by atoms with Crippen LogP contribution in [0.2, 0.25) is 0 Å². The Morgan fingerprint density at radius 1 is 1.53 bits per heavy atom. The van der Waals surface area contributed by atoms with Crippen molar-refractivity contribution in [2.24, 2.45) is 0 Å². The standard InChI is InChI=1S/C10H8BrNO3/c11-9-2-6(4-12)1-7(3-10(14)15)8(9)5-13/h1-2,13H,3,5H2,(H,14,15). The first-order valence-electron chi connectivity index (χ1n) is 4.12. The molecule has 1 rings (SSSR count). The van der Waals surface area contributed by atoms with Gasteiger partial charge in [0.1, 0.15) is 0 Å². The summed E-state index contributed by atoms with van der Waals surface area (Å²) >= 11 is 3.18. The van der Waals surface area contributed by atoms with Gasteiger partial charge in [0, 0.05) is 4.47 Å². The Hall–Kier alpha value is -1.38. The number of carbonyl (C=O) groups is 1. The van der Waals surface area contributed by atoms with E-state index < -0.39 is 5.97 Å². The van der Waals surface area contributed by atoms with Crippen molar-refractivity contribution < 1.29 is 15.0 Å². The molecule has 2 N–H and O–H groups in total. The molecular weight excluding hydrogens is 262 g/mol. The molecule has 0 amide bonds. The minimum absolute atomic E-state index is 0.204. The summed E-state index contributed by atoms with van der Waals surface area (Å²) in [4.78, 5) is 10.6. The van der Waals surface area contributed by atoms with Crippen molar-refractivity contribution in [3.8, 4) is 6.07 Å². The fourth-order valence-electron chi connectivity index (χ4n) is 1.26. The maximum atomic E-state index is 10.6. The van der Waals surface area contributed by atoms with Gasteiger partial charge < -0.3 is 10.2 Å². The zero-order valence-corrected chi connectivity index (χ0v) is 9.28.